The Kier molecular flexibility index (Phi) is 6.68. The Morgan fingerprint density at radius 1 is 1.12 bits per heavy atom. The molecule has 5 nitrogen and oxygen atoms in total. The van der Waals surface area contributed by atoms with E-state index < -0.39 is 20.5 Å². The number of benzene rings is 2. The molecule has 0 atom stereocenters. The number of halogens is 2. The van der Waals surface area contributed by atoms with Gasteiger partial charge in [-0.25, -0.2) is 8.42 Å². The Morgan fingerprint density at radius 2 is 1.77 bits per heavy atom. The van der Waals surface area contributed by atoms with Crippen LogP contribution >= 0.6 is 0 Å². The molecule has 0 heterocycles. The van der Waals surface area contributed by atoms with Crippen molar-refractivity contribution in [3.63, 3.8) is 0 Å². The van der Waals surface area contributed by atoms with Gasteiger partial charge in [0.05, 0.1) is 11.5 Å². The number of carbonyl (C=O) groups is 1. The standard InChI is InChI=1S/C18H19F2NO4S/c1-2-25-16-6-4-3-5-13(16)7-12-17(22)21-14-8-10-15(11-9-14)26(23,24)18(19)20/h3-6,8-11,18H,2,7,12H2,1H3,(H,21,22). The predicted octanol–water partition coefficient (Wildman–Crippen LogP) is 3.65. The van der Waals surface area contributed by atoms with Crippen molar-refractivity contribution in [2.75, 3.05) is 11.9 Å². The second-order valence-corrected chi connectivity index (χ2v) is 7.34. The van der Waals surface area contributed by atoms with E-state index in [1.165, 1.54) is 12.1 Å². The fourth-order valence-corrected chi connectivity index (χ4v) is 3.03. The van der Waals surface area contributed by atoms with Gasteiger partial charge in [0.25, 0.3) is 0 Å². The monoisotopic (exact) mass is 383 g/mol. The Hall–Kier alpha value is -2.48. The lowest BCUT2D eigenvalue weighted by atomic mass is 10.1. The average Bonchev–Trinajstić information content (AvgIpc) is 2.61. The Morgan fingerprint density at radius 3 is 2.38 bits per heavy atom. The molecule has 0 saturated heterocycles. The van der Waals surface area contributed by atoms with Crippen molar-refractivity contribution in [2.24, 2.45) is 0 Å². The molecule has 0 aliphatic rings. The molecule has 26 heavy (non-hydrogen) atoms. The summed E-state index contributed by atoms with van der Waals surface area (Å²) < 4.78 is 53.2. The van der Waals surface area contributed by atoms with Crippen molar-refractivity contribution in [1.82, 2.24) is 0 Å². The van der Waals surface area contributed by atoms with Gasteiger partial charge in [-0.3, -0.25) is 4.79 Å². The minimum Gasteiger partial charge on any atom is -0.494 e. The van der Waals surface area contributed by atoms with Crippen molar-refractivity contribution in [3.8, 4) is 5.75 Å². The van der Waals surface area contributed by atoms with Gasteiger partial charge in [-0.1, -0.05) is 18.2 Å². The highest BCUT2D eigenvalue weighted by molar-refractivity contribution is 7.91. The number of amides is 1. The van der Waals surface area contributed by atoms with Crippen LogP contribution in [-0.4, -0.2) is 26.7 Å². The second kappa shape index (κ2) is 8.75. The predicted molar refractivity (Wildman–Crippen MR) is 94.2 cm³/mol. The molecule has 1 amide bonds. The van der Waals surface area contributed by atoms with Gasteiger partial charge >= 0.3 is 5.76 Å². The van der Waals surface area contributed by atoms with E-state index in [0.717, 1.165) is 23.4 Å². The topological polar surface area (TPSA) is 72.5 Å². The van der Waals surface area contributed by atoms with Crippen molar-refractivity contribution in [1.29, 1.82) is 0 Å². The molecule has 1 N–H and O–H groups in total. The number of aryl methyl sites for hydroxylation is 1. The van der Waals surface area contributed by atoms with Gasteiger partial charge in [0.15, 0.2) is 0 Å². The molecule has 0 unspecified atom stereocenters. The number of rotatable bonds is 8. The van der Waals surface area contributed by atoms with Crippen LogP contribution < -0.4 is 10.1 Å². The fraction of sp³-hybridized carbons (Fsp3) is 0.278. The lowest BCUT2D eigenvalue weighted by molar-refractivity contribution is -0.116. The lowest BCUT2D eigenvalue weighted by Crippen LogP contribution is -2.14. The highest BCUT2D eigenvalue weighted by Gasteiger charge is 2.26. The molecule has 0 spiro atoms. The van der Waals surface area contributed by atoms with Crippen LogP contribution in [-0.2, 0) is 21.1 Å². The molecule has 0 radical (unpaired) electrons. The lowest BCUT2D eigenvalue weighted by Gasteiger charge is -2.10. The summed E-state index contributed by atoms with van der Waals surface area (Å²) in [6, 6.07) is 12.1. The van der Waals surface area contributed by atoms with Crippen LogP contribution in [0.15, 0.2) is 53.4 Å². The van der Waals surface area contributed by atoms with E-state index in [1.807, 2.05) is 31.2 Å². The summed E-state index contributed by atoms with van der Waals surface area (Å²) >= 11 is 0. The Labute approximate surface area is 150 Å². The number of ether oxygens (including phenoxy) is 1. The van der Waals surface area contributed by atoms with Gasteiger partial charge in [0.2, 0.25) is 15.7 Å². The van der Waals surface area contributed by atoms with E-state index in [1.54, 1.807) is 0 Å². The molecular formula is C18H19F2NO4S. The van der Waals surface area contributed by atoms with Crippen LogP contribution in [0.3, 0.4) is 0 Å². The normalized spacial score (nSPS) is 11.4. The number of para-hydroxylation sites is 1. The largest absolute Gasteiger partial charge is 0.494 e. The van der Waals surface area contributed by atoms with Crippen molar-refractivity contribution >= 4 is 21.4 Å². The molecule has 140 valence electrons. The maximum atomic E-state index is 12.5. The quantitative estimate of drug-likeness (QED) is 0.755. The van der Waals surface area contributed by atoms with Gasteiger partial charge < -0.3 is 10.1 Å². The number of anilines is 1. The molecular weight excluding hydrogens is 364 g/mol. The summed E-state index contributed by atoms with van der Waals surface area (Å²) in [5.74, 6) is -3.03. The first-order valence-corrected chi connectivity index (χ1v) is 9.52. The molecule has 0 bridgehead atoms. The van der Waals surface area contributed by atoms with Crippen LogP contribution in [0, 0.1) is 0 Å². The highest BCUT2D eigenvalue weighted by atomic mass is 32.2. The number of nitrogens with one attached hydrogen (secondary N) is 1. The van der Waals surface area contributed by atoms with E-state index in [2.05, 4.69) is 5.32 Å². The number of carbonyl (C=O) groups excluding carboxylic acids is 1. The highest BCUT2D eigenvalue weighted by Crippen LogP contribution is 2.21. The molecule has 2 rings (SSSR count). The van der Waals surface area contributed by atoms with Crippen molar-refractivity contribution in [3.05, 3.63) is 54.1 Å². The molecule has 0 aliphatic carbocycles. The molecule has 2 aromatic rings. The first kappa shape index (κ1) is 19.8. The maximum absolute atomic E-state index is 12.5. The summed E-state index contributed by atoms with van der Waals surface area (Å²) in [5, 5.41) is 2.61. The van der Waals surface area contributed by atoms with Gasteiger partial charge in [-0.2, -0.15) is 8.78 Å². The Bertz CT molecular complexity index is 852. The minimum atomic E-state index is -4.64. The first-order valence-electron chi connectivity index (χ1n) is 7.97. The smallest absolute Gasteiger partial charge is 0.341 e. The van der Waals surface area contributed by atoms with Crippen molar-refractivity contribution in [2.45, 2.75) is 30.4 Å². The molecule has 0 aliphatic heterocycles. The zero-order valence-corrected chi connectivity index (χ0v) is 14.9. The van der Waals surface area contributed by atoms with Crippen LogP contribution in [0.25, 0.3) is 0 Å². The molecule has 2 aromatic carbocycles. The first-order chi connectivity index (χ1) is 12.3. The number of hydrogen-bond acceptors (Lipinski definition) is 4. The van der Waals surface area contributed by atoms with E-state index in [-0.39, 0.29) is 12.3 Å². The summed E-state index contributed by atoms with van der Waals surface area (Å²) in [6.45, 7) is 2.40. The van der Waals surface area contributed by atoms with Crippen LogP contribution in [0.1, 0.15) is 18.9 Å². The third-order valence-corrected chi connectivity index (χ3v) is 4.99. The molecule has 0 fully saturated rings. The third-order valence-electron chi connectivity index (χ3n) is 3.60. The fourth-order valence-electron chi connectivity index (χ4n) is 2.31. The zero-order chi connectivity index (χ0) is 19.2. The van der Waals surface area contributed by atoms with Crippen molar-refractivity contribution < 1.29 is 26.7 Å². The molecule has 0 aromatic heterocycles. The van der Waals surface area contributed by atoms with Crippen LogP contribution in [0.4, 0.5) is 14.5 Å². The summed E-state index contributed by atoms with van der Waals surface area (Å²) in [4.78, 5) is 11.6. The number of alkyl halides is 2. The van der Waals surface area contributed by atoms with E-state index >= 15 is 0 Å². The van der Waals surface area contributed by atoms with Crippen LogP contribution in [0.5, 0.6) is 5.75 Å². The Balaban J connectivity index is 1.96. The van der Waals surface area contributed by atoms with Gasteiger partial charge in [-0.05, 0) is 49.2 Å². The zero-order valence-electron chi connectivity index (χ0n) is 14.1. The molecule has 8 heteroatoms. The van der Waals surface area contributed by atoms with E-state index in [0.29, 0.717) is 18.7 Å². The second-order valence-electron chi connectivity index (χ2n) is 5.42. The summed E-state index contributed by atoms with van der Waals surface area (Å²) in [5.41, 5.74) is 1.24. The molecule has 0 saturated carbocycles. The number of sulfone groups is 1. The maximum Gasteiger partial charge on any atom is 0.341 e. The number of hydrogen-bond donors (Lipinski definition) is 1. The van der Waals surface area contributed by atoms with Gasteiger partial charge in [0, 0.05) is 12.1 Å². The minimum absolute atomic E-state index is 0.196. The van der Waals surface area contributed by atoms with Crippen LogP contribution in [0.2, 0.25) is 0 Å². The van der Waals surface area contributed by atoms with E-state index in [4.69, 9.17) is 4.74 Å². The third kappa shape index (κ3) is 5.01. The van der Waals surface area contributed by atoms with Gasteiger partial charge in [0.1, 0.15) is 5.75 Å². The summed E-state index contributed by atoms with van der Waals surface area (Å²) in [6.07, 6.45) is 0.668. The summed E-state index contributed by atoms with van der Waals surface area (Å²) in [7, 11) is -4.64. The SMILES string of the molecule is CCOc1ccccc1CCC(=O)Nc1ccc(S(=O)(=O)C(F)F)cc1. The van der Waals surface area contributed by atoms with Gasteiger partial charge in [-0.15, -0.1) is 0 Å². The average molecular weight is 383 g/mol. The van der Waals surface area contributed by atoms with E-state index in [9.17, 15) is 22.0 Å².